The molecule has 0 spiro atoms. The van der Waals surface area contributed by atoms with Gasteiger partial charge >= 0.3 is 0 Å². The molecule has 0 aromatic rings. The van der Waals surface area contributed by atoms with E-state index < -0.39 is 6.10 Å². The molecule has 0 heterocycles. The fourth-order valence-electron chi connectivity index (χ4n) is 2.41. The molecule has 0 saturated carbocycles. The van der Waals surface area contributed by atoms with Gasteiger partial charge in [-0.1, -0.05) is 84.5 Å². The van der Waals surface area contributed by atoms with Crippen LogP contribution in [0.5, 0.6) is 0 Å². The van der Waals surface area contributed by atoms with Gasteiger partial charge in [0.1, 0.15) is 0 Å². The maximum atomic E-state index is 9.19. The lowest BCUT2D eigenvalue weighted by molar-refractivity contribution is 0.0860. The third-order valence-corrected chi connectivity index (χ3v) is 4.14. The Morgan fingerprint density at radius 3 is 1.58 bits per heavy atom. The molecular weight excluding hydrogens is 236 g/mol. The number of hydrogen-bond donors (Lipinski definition) is 2. The van der Waals surface area contributed by atoms with E-state index in [4.69, 9.17) is 5.11 Å². The molecule has 0 amide bonds. The summed E-state index contributed by atoms with van der Waals surface area (Å²) in [4.78, 5) is 0. The van der Waals surface area contributed by atoms with Crippen LogP contribution < -0.4 is 0 Å². The van der Waals surface area contributed by atoms with E-state index in [1.807, 2.05) is 0 Å². The summed E-state index contributed by atoms with van der Waals surface area (Å²) in [6.45, 7) is 4.55. The van der Waals surface area contributed by atoms with Crippen LogP contribution >= 0.6 is 0 Å². The third kappa shape index (κ3) is 14.1. The van der Waals surface area contributed by atoms with Crippen molar-refractivity contribution in [3.8, 4) is 0 Å². The van der Waals surface area contributed by atoms with E-state index in [1.165, 1.54) is 64.2 Å². The molecule has 0 radical (unpaired) electrons. The van der Waals surface area contributed by atoms with Crippen LogP contribution in [0, 0.1) is 5.92 Å². The van der Waals surface area contributed by atoms with E-state index in [0.29, 0.717) is 0 Å². The number of hydrogen-bond acceptors (Lipinski definition) is 2. The van der Waals surface area contributed by atoms with Crippen molar-refractivity contribution in [3.63, 3.8) is 0 Å². The molecule has 0 fully saturated rings. The van der Waals surface area contributed by atoms with E-state index in [2.05, 4.69) is 13.8 Å². The largest absolute Gasteiger partial charge is 0.394 e. The summed E-state index contributed by atoms with van der Waals surface area (Å²) in [6, 6.07) is 0. The van der Waals surface area contributed by atoms with E-state index in [-0.39, 0.29) is 6.61 Å². The first-order valence-electron chi connectivity index (χ1n) is 8.49. The molecule has 116 valence electrons. The monoisotopic (exact) mass is 272 g/mol. The predicted molar refractivity (Wildman–Crippen MR) is 83.3 cm³/mol. The molecule has 2 nitrogen and oxygen atoms in total. The van der Waals surface area contributed by atoms with E-state index >= 15 is 0 Å². The van der Waals surface area contributed by atoms with Crippen LogP contribution in [0.2, 0.25) is 0 Å². The molecule has 2 atom stereocenters. The van der Waals surface area contributed by atoms with Crippen molar-refractivity contribution >= 4 is 0 Å². The van der Waals surface area contributed by atoms with Crippen molar-refractivity contribution in [3.05, 3.63) is 0 Å². The minimum Gasteiger partial charge on any atom is -0.394 e. The molecule has 0 aliphatic rings. The first-order chi connectivity index (χ1) is 9.20. The van der Waals surface area contributed by atoms with Gasteiger partial charge in [0, 0.05) is 0 Å². The van der Waals surface area contributed by atoms with Crippen LogP contribution in [-0.4, -0.2) is 22.9 Å². The fourth-order valence-corrected chi connectivity index (χ4v) is 2.41. The zero-order valence-corrected chi connectivity index (χ0v) is 13.2. The van der Waals surface area contributed by atoms with Gasteiger partial charge in [0.25, 0.3) is 0 Å². The lowest BCUT2D eigenvalue weighted by Crippen LogP contribution is -2.10. The molecule has 19 heavy (non-hydrogen) atoms. The maximum Gasteiger partial charge on any atom is 0.0770 e. The Morgan fingerprint density at radius 1 is 0.737 bits per heavy atom. The fraction of sp³-hybridized carbons (Fsp3) is 1.00. The molecule has 2 unspecified atom stereocenters. The van der Waals surface area contributed by atoms with Gasteiger partial charge in [-0.2, -0.15) is 0 Å². The van der Waals surface area contributed by atoms with E-state index in [0.717, 1.165) is 18.8 Å². The summed E-state index contributed by atoms with van der Waals surface area (Å²) in [6.07, 6.45) is 14.8. The molecular formula is C17H36O2. The van der Waals surface area contributed by atoms with Crippen molar-refractivity contribution in [2.75, 3.05) is 6.61 Å². The number of aliphatic hydroxyl groups is 2. The van der Waals surface area contributed by atoms with Crippen LogP contribution in [0.25, 0.3) is 0 Å². The highest BCUT2D eigenvalue weighted by Crippen LogP contribution is 2.15. The minimum absolute atomic E-state index is 0.0867. The summed E-state index contributed by atoms with van der Waals surface area (Å²) in [7, 11) is 0. The molecule has 0 aliphatic heterocycles. The average molecular weight is 272 g/mol. The number of unbranched alkanes of at least 4 members (excludes halogenated alkanes) is 8. The molecule has 2 heteroatoms. The van der Waals surface area contributed by atoms with Gasteiger partial charge in [0.2, 0.25) is 0 Å². The molecule has 0 bridgehead atoms. The zero-order valence-electron chi connectivity index (χ0n) is 13.2. The Kier molecular flexibility index (Phi) is 14.3. The molecule has 0 aromatic heterocycles. The average Bonchev–Trinajstić information content (AvgIpc) is 2.43. The van der Waals surface area contributed by atoms with Gasteiger partial charge in [0.15, 0.2) is 0 Å². The van der Waals surface area contributed by atoms with Crippen LogP contribution in [0.15, 0.2) is 0 Å². The van der Waals surface area contributed by atoms with Gasteiger partial charge in [-0.15, -0.1) is 0 Å². The van der Waals surface area contributed by atoms with Crippen molar-refractivity contribution in [1.82, 2.24) is 0 Å². The lowest BCUT2D eigenvalue weighted by atomic mass is 9.99. The maximum absolute atomic E-state index is 9.19. The standard InChI is InChI=1S/C17H36O2/c1-3-16(2)13-11-9-7-5-4-6-8-10-12-14-17(19)15-18/h16-19H,3-15H2,1-2H3. The van der Waals surface area contributed by atoms with Crippen LogP contribution in [0.4, 0.5) is 0 Å². The Bertz CT molecular complexity index is 153. The summed E-state index contributed by atoms with van der Waals surface area (Å²) in [5.74, 6) is 0.911. The number of aliphatic hydroxyl groups excluding tert-OH is 2. The topological polar surface area (TPSA) is 40.5 Å². The SMILES string of the molecule is CCC(C)CCCCCCCCCCCC(O)CO. The Morgan fingerprint density at radius 2 is 1.16 bits per heavy atom. The van der Waals surface area contributed by atoms with E-state index in [9.17, 15) is 5.11 Å². The quantitative estimate of drug-likeness (QED) is 0.451. The van der Waals surface area contributed by atoms with Gasteiger partial charge in [-0.25, -0.2) is 0 Å². The highest BCUT2D eigenvalue weighted by molar-refractivity contribution is 4.54. The van der Waals surface area contributed by atoms with Crippen molar-refractivity contribution in [2.45, 2.75) is 97.0 Å². The first-order valence-corrected chi connectivity index (χ1v) is 8.49. The Hall–Kier alpha value is -0.0800. The minimum atomic E-state index is -0.495. The molecule has 0 saturated heterocycles. The normalized spacial score (nSPS) is 14.5. The predicted octanol–water partition coefficient (Wildman–Crippen LogP) is 4.68. The first kappa shape index (κ1) is 18.9. The smallest absolute Gasteiger partial charge is 0.0770 e. The summed E-state index contributed by atoms with van der Waals surface area (Å²) >= 11 is 0. The highest BCUT2D eigenvalue weighted by atomic mass is 16.3. The van der Waals surface area contributed by atoms with Crippen LogP contribution in [-0.2, 0) is 0 Å². The number of rotatable bonds is 14. The summed E-state index contributed by atoms with van der Waals surface area (Å²) in [5.41, 5.74) is 0. The van der Waals surface area contributed by atoms with Crippen molar-refractivity contribution in [1.29, 1.82) is 0 Å². The van der Waals surface area contributed by atoms with E-state index in [1.54, 1.807) is 0 Å². The van der Waals surface area contributed by atoms with Crippen LogP contribution in [0.3, 0.4) is 0 Å². The van der Waals surface area contributed by atoms with Crippen LogP contribution in [0.1, 0.15) is 90.9 Å². The van der Waals surface area contributed by atoms with Crippen molar-refractivity contribution < 1.29 is 10.2 Å². The Labute approximate surface area is 120 Å². The van der Waals surface area contributed by atoms with Gasteiger partial charge < -0.3 is 10.2 Å². The zero-order chi connectivity index (χ0) is 14.3. The van der Waals surface area contributed by atoms with Gasteiger partial charge in [-0.05, 0) is 12.3 Å². The van der Waals surface area contributed by atoms with Crippen molar-refractivity contribution in [2.24, 2.45) is 5.92 Å². The highest BCUT2D eigenvalue weighted by Gasteiger charge is 2.01. The van der Waals surface area contributed by atoms with Gasteiger partial charge in [-0.3, -0.25) is 0 Å². The summed E-state index contributed by atoms with van der Waals surface area (Å²) < 4.78 is 0. The second-order valence-corrected chi connectivity index (χ2v) is 6.11. The van der Waals surface area contributed by atoms with Gasteiger partial charge in [0.05, 0.1) is 12.7 Å². The third-order valence-electron chi connectivity index (χ3n) is 4.14. The second kappa shape index (κ2) is 14.3. The molecule has 0 rings (SSSR count). The second-order valence-electron chi connectivity index (χ2n) is 6.11. The molecule has 2 N–H and O–H groups in total. The Balaban J connectivity index is 3.03. The molecule has 0 aliphatic carbocycles. The summed E-state index contributed by atoms with van der Waals surface area (Å²) in [5, 5.41) is 17.9. The molecule has 0 aromatic carbocycles. The lowest BCUT2D eigenvalue weighted by Gasteiger charge is -2.07.